The molecule has 1 amide bonds. The topological polar surface area (TPSA) is 75.1 Å². The molecule has 0 atom stereocenters. The van der Waals surface area contributed by atoms with Crippen LogP contribution in [-0.4, -0.2) is 34.7 Å². The fourth-order valence-electron chi connectivity index (χ4n) is 2.38. The number of hydrogen-bond acceptors (Lipinski definition) is 4. The summed E-state index contributed by atoms with van der Waals surface area (Å²) in [4.78, 5) is 13.9. The summed E-state index contributed by atoms with van der Waals surface area (Å²) in [6, 6.07) is 11.6. The van der Waals surface area contributed by atoms with E-state index >= 15 is 0 Å². The van der Waals surface area contributed by atoms with Crippen molar-refractivity contribution < 1.29 is 9.21 Å². The van der Waals surface area contributed by atoms with Gasteiger partial charge in [-0.25, -0.2) is 0 Å². The smallest absolute Gasteiger partial charge is 0.257 e. The van der Waals surface area contributed by atoms with Crippen LogP contribution >= 0.6 is 0 Å². The SMILES string of the molecule is CN(C)C(=O)c1cn(CCC#N)nc1-c1cc2ccccc2o1. The van der Waals surface area contributed by atoms with Crippen LogP contribution < -0.4 is 0 Å². The summed E-state index contributed by atoms with van der Waals surface area (Å²) < 4.78 is 7.44. The third-order valence-corrected chi connectivity index (χ3v) is 3.51. The molecule has 0 aliphatic carbocycles. The second-order valence-corrected chi connectivity index (χ2v) is 5.41. The maximum Gasteiger partial charge on any atom is 0.257 e. The maximum absolute atomic E-state index is 12.4. The number of benzene rings is 1. The van der Waals surface area contributed by atoms with Crippen LogP contribution in [0.2, 0.25) is 0 Å². The Morgan fingerprint density at radius 2 is 2.17 bits per heavy atom. The Morgan fingerprint density at radius 1 is 1.39 bits per heavy atom. The minimum absolute atomic E-state index is 0.149. The van der Waals surface area contributed by atoms with Crippen molar-refractivity contribution in [1.29, 1.82) is 5.26 Å². The van der Waals surface area contributed by atoms with E-state index in [1.165, 1.54) is 4.90 Å². The molecular weight excluding hydrogens is 292 g/mol. The van der Waals surface area contributed by atoms with E-state index in [1.54, 1.807) is 25.0 Å². The molecule has 0 saturated carbocycles. The van der Waals surface area contributed by atoms with Crippen LogP contribution in [0.4, 0.5) is 0 Å². The Balaban J connectivity index is 2.10. The highest BCUT2D eigenvalue weighted by molar-refractivity contribution is 5.99. The number of nitrogens with zero attached hydrogens (tertiary/aromatic N) is 4. The molecule has 1 aromatic carbocycles. The third kappa shape index (κ3) is 2.81. The quantitative estimate of drug-likeness (QED) is 0.742. The number of furan rings is 1. The molecule has 2 heterocycles. The van der Waals surface area contributed by atoms with E-state index in [1.807, 2.05) is 30.3 Å². The van der Waals surface area contributed by atoms with E-state index < -0.39 is 0 Å². The lowest BCUT2D eigenvalue weighted by molar-refractivity contribution is 0.0828. The Bertz CT molecular complexity index is 866. The number of rotatable bonds is 4. The van der Waals surface area contributed by atoms with Crippen molar-refractivity contribution in [2.45, 2.75) is 13.0 Å². The van der Waals surface area contributed by atoms with Crippen molar-refractivity contribution in [3.63, 3.8) is 0 Å². The van der Waals surface area contributed by atoms with Crippen LogP contribution in [0.5, 0.6) is 0 Å². The van der Waals surface area contributed by atoms with Gasteiger partial charge in [-0.15, -0.1) is 0 Å². The fraction of sp³-hybridized carbons (Fsp3) is 0.235. The van der Waals surface area contributed by atoms with E-state index in [2.05, 4.69) is 11.2 Å². The van der Waals surface area contributed by atoms with E-state index in [-0.39, 0.29) is 5.91 Å². The molecule has 0 bridgehead atoms. The van der Waals surface area contributed by atoms with Gasteiger partial charge in [-0.3, -0.25) is 9.48 Å². The highest BCUT2D eigenvalue weighted by Gasteiger charge is 2.22. The Kier molecular flexibility index (Phi) is 3.85. The van der Waals surface area contributed by atoms with Crippen molar-refractivity contribution in [2.24, 2.45) is 0 Å². The lowest BCUT2D eigenvalue weighted by Crippen LogP contribution is -2.21. The Morgan fingerprint density at radius 3 is 2.87 bits per heavy atom. The molecule has 0 aliphatic rings. The van der Waals surface area contributed by atoms with Gasteiger partial charge in [-0.1, -0.05) is 18.2 Å². The molecule has 0 aliphatic heterocycles. The molecular formula is C17H16N4O2. The van der Waals surface area contributed by atoms with E-state index in [4.69, 9.17) is 9.68 Å². The first-order valence-electron chi connectivity index (χ1n) is 7.25. The third-order valence-electron chi connectivity index (χ3n) is 3.51. The number of fused-ring (bicyclic) bond motifs is 1. The molecule has 116 valence electrons. The molecule has 2 aromatic heterocycles. The summed E-state index contributed by atoms with van der Waals surface area (Å²) in [6.45, 7) is 0.435. The van der Waals surface area contributed by atoms with Gasteiger partial charge >= 0.3 is 0 Å². The number of nitriles is 1. The lowest BCUT2D eigenvalue weighted by Gasteiger charge is -2.08. The predicted octanol–water partition coefficient (Wildman–Crippen LogP) is 2.91. The van der Waals surface area contributed by atoms with Crippen LogP contribution in [-0.2, 0) is 6.54 Å². The number of para-hydroxylation sites is 1. The summed E-state index contributed by atoms with van der Waals surface area (Å²) >= 11 is 0. The Hall–Kier alpha value is -3.07. The van der Waals surface area contributed by atoms with Crippen LogP contribution in [0.1, 0.15) is 16.8 Å². The first-order valence-corrected chi connectivity index (χ1v) is 7.25. The predicted molar refractivity (Wildman–Crippen MR) is 85.7 cm³/mol. The van der Waals surface area contributed by atoms with Gasteiger partial charge in [0.1, 0.15) is 11.3 Å². The van der Waals surface area contributed by atoms with Gasteiger partial charge in [0.15, 0.2) is 5.76 Å². The molecule has 3 aromatic rings. The van der Waals surface area contributed by atoms with Crippen molar-refractivity contribution in [2.75, 3.05) is 14.1 Å². The number of carbonyl (C=O) groups excluding carboxylic acids is 1. The van der Waals surface area contributed by atoms with Crippen molar-refractivity contribution in [3.05, 3.63) is 42.1 Å². The van der Waals surface area contributed by atoms with Gasteiger partial charge in [0.25, 0.3) is 5.91 Å². The van der Waals surface area contributed by atoms with Crippen molar-refractivity contribution in [3.8, 4) is 17.5 Å². The number of aromatic nitrogens is 2. The average molecular weight is 308 g/mol. The summed E-state index contributed by atoms with van der Waals surface area (Å²) in [6.07, 6.45) is 2.00. The van der Waals surface area contributed by atoms with E-state index in [0.717, 1.165) is 11.0 Å². The van der Waals surface area contributed by atoms with Crippen LogP contribution in [0.15, 0.2) is 40.9 Å². The fourth-order valence-corrected chi connectivity index (χ4v) is 2.38. The standard InChI is InChI=1S/C17H16N4O2/c1-20(2)17(22)13-11-21(9-5-8-18)19-16(13)15-10-12-6-3-4-7-14(12)23-15/h3-4,6-7,10-11H,5,9H2,1-2H3. The number of carbonyl (C=O) groups is 1. The zero-order chi connectivity index (χ0) is 16.4. The molecule has 0 radical (unpaired) electrons. The minimum Gasteiger partial charge on any atom is -0.454 e. The average Bonchev–Trinajstić information content (AvgIpc) is 3.15. The molecule has 23 heavy (non-hydrogen) atoms. The molecule has 0 fully saturated rings. The number of hydrogen-bond donors (Lipinski definition) is 0. The monoisotopic (exact) mass is 308 g/mol. The molecule has 6 nitrogen and oxygen atoms in total. The second kappa shape index (κ2) is 5.97. The minimum atomic E-state index is -0.149. The van der Waals surface area contributed by atoms with Crippen LogP contribution in [0.25, 0.3) is 22.4 Å². The largest absolute Gasteiger partial charge is 0.454 e. The van der Waals surface area contributed by atoms with E-state index in [0.29, 0.717) is 30.0 Å². The van der Waals surface area contributed by atoms with Gasteiger partial charge in [-0.05, 0) is 12.1 Å². The first-order chi connectivity index (χ1) is 11.1. The van der Waals surface area contributed by atoms with Gasteiger partial charge < -0.3 is 9.32 Å². The van der Waals surface area contributed by atoms with Gasteiger partial charge in [0, 0.05) is 25.7 Å². The molecule has 0 N–H and O–H groups in total. The number of aryl methyl sites for hydroxylation is 1. The zero-order valence-electron chi connectivity index (χ0n) is 13.0. The van der Waals surface area contributed by atoms with Gasteiger partial charge in [0.2, 0.25) is 0 Å². The maximum atomic E-state index is 12.4. The number of amides is 1. The molecule has 0 saturated heterocycles. The van der Waals surface area contributed by atoms with E-state index in [9.17, 15) is 4.79 Å². The molecule has 6 heteroatoms. The van der Waals surface area contributed by atoms with Crippen molar-refractivity contribution in [1.82, 2.24) is 14.7 Å². The first kappa shape index (κ1) is 14.9. The highest BCUT2D eigenvalue weighted by Crippen LogP contribution is 2.29. The van der Waals surface area contributed by atoms with Gasteiger partial charge in [-0.2, -0.15) is 10.4 Å². The molecule has 3 rings (SSSR count). The van der Waals surface area contributed by atoms with Crippen LogP contribution in [0.3, 0.4) is 0 Å². The summed E-state index contributed by atoms with van der Waals surface area (Å²) in [5, 5.41) is 14.1. The lowest BCUT2D eigenvalue weighted by atomic mass is 10.1. The normalized spacial score (nSPS) is 10.7. The van der Waals surface area contributed by atoms with Crippen LogP contribution in [0, 0.1) is 11.3 Å². The summed E-state index contributed by atoms with van der Waals surface area (Å²) in [5.74, 6) is 0.399. The second-order valence-electron chi connectivity index (χ2n) is 5.41. The molecule has 0 spiro atoms. The summed E-state index contributed by atoms with van der Waals surface area (Å²) in [5.41, 5.74) is 1.71. The Labute approximate surface area is 133 Å². The van der Waals surface area contributed by atoms with Crippen molar-refractivity contribution >= 4 is 16.9 Å². The molecule has 0 unspecified atom stereocenters. The highest BCUT2D eigenvalue weighted by atomic mass is 16.3. The van der Waals surface area contributed by atoms with Gasteiger partial charge in [0.05, 0.1) is 24.6 Å². The zero-order valence-corrected chi connectivity index (χ0v) is 13.0. The summed E-state index contributed by atoms with van der Waals surface area (Å²) in [7, 11) is 3.38.